The molecule has 0 bridgehead atoms. The highest BCUT2D eigenvalue weighted by Crippen LogP contribution is 2.06. The summed E-state index contributed by atoms with van der Waals surface area (Å²) in [4.78, 5) is 8.37. The van der Waals surface area contributed by atoms with Gasteiger partial charge in [0.15, 0.2) is 0 Å². The number of rotatable bonds is 4. The van der Waals surface area contributed by atoms with Crippen molar-refractivity contribution < 1.29 is 5.11 Å². The van der Waals surface area contributed by atoms with Crippen LogP contribution >= 0.6 is 0 Å². The zero-order chi connectivity index (χ0) is 9.68. The lowest BCUT2D eigenvalue weighted by Crippen LogP contribution is -2.23. The molecule has 4 nitrogen and oxygen atoms in total. The number of hydrogen-bond donors (Lipinski definition) is 2. The second kappa shape index (κ2) is 4.89. The van der Waals surface area contributed by atoms with Gasteiger partial charge in [-0.25, -0.2) is 0 Å². The second-order valence-corrected chi connectivity index (χ2v) is 2.98. The number of hydrogen-bond acceptors (Lipinski definition) is 4. The standard InChI is InChI=1S/C9H15N3O/c1-7-5-12-9(6-11-7)8(2)10-3-4-13/h5-6,8,10,13H,3-4H2,1-2H3. The molecule has 0 aliphatic carbocycles. The molecular weight excluding hydrogens is 166 g/mol. The van der Waals surface area contributed by atoms with Crippen LogP contribution in [0.3, 0.4) is 0 Å². The maximum Gasteiger partial charge on any atom is 0.0753 e. The molecule has 0 saturated carbocycles. The fourth-order valence-corrected chi connectivity index (χ4v) is 1.01. The number of aromatic nitrogens is 2. The van der Waals surface area contributed by atoms with Gasteiger partial charge < -0.3 is 10.4 Å². The van der Waals surface area contributed by atoms with E-state index in [2.05, 4.69) is 15.3 Å². The SMILES string of the molecule is Cc1cnc(C(C)NCCO)cn1. The minimum atomic E-state index is 0.139. The number of aryl methyl sites for hydroxylation is 1. The molecular formula is C9H15N3O. The lowest BCUT2D eigenvalue weighted by Gasteiger charge is -2.11. The largest absolute Gasteiger partial charge is 0.395 e. The van der Waals surface area contributed by atoms with Crippen molar-refractivity contribution in [2.75, 3.05) is 13.2 Å². The predicted molar refractivity (Wildman–Crippen MR) is 50.3 cm³/mol. The molecule has 1 aromatic heterocycles. The van der Waals surface area contributed by atoms with Crippen LogP contribution < -0.4 is 5.32 Å². The summed E-state index contributed by atoms with van der Waals surface area (Å²) in [6.45, 7) is 4.62. The Morgan fingerprint density at radius 2 is 2.23 bits per heavy atom. The molecule has 0 radical (unpaired) electrons. The van der Waals surface area contributed by atoms with E-state index in [9.17, 15) is 0 Å². The molecule has 0 amide bonds. The van der Waals surface area contributed by atoms with E-state index < -0.39 is 0 Å². The normalized spacial score (nSPS) is 12.8. The van der Waals surface area contributed by atoms with Gasteiger partial charge in [0.05, 0.1) is 24.2 Å². The lowest BCUT2D eigenvalue weighted by atomic mass is 10.2. The first-order valence-electron chi connectivity index (χ1n) is 4.37. The number of nitrogens with zero attached hydrogens (tertiary/aromatic N) is 2. The first-order chi connectivity index (χ1) is 6.24. The van der Waals surface area contributed by atoms with E-state index in [1.807, 2.05) is 13.8 Å². The van der Waals surface area contributed by atoms with Gasteiger partial charge in [-0.15, -0.1) is 0 Å². The van der Waals surface area contributed by atoms with E-state index in [4.69, 9.17) is 5.11 Å². The summed E-state index contributed by atoms with van der Waals surface area (Å²) in [6.07, 6.45) is 3.50. The Kier molecular flexibility index (Phi) is 3.79. The first kappa shape index (κ1) is 10.1. The summed E-state index contributed by atoms with van der Waals surface area (Å²) in [5.74, 6) is 0. The molecule has 0 aliphatic rings. The van der Waals surface area contributed by atoms with Gasteiger partial charge in [0, 0.05) is 18.8 Å². The molecule has 13 heavy (non-hydrogen) atoms. The third-order valence-corrected chi connectivity index (χ3v) is 1.81. The second-order valence-electron chi connectivity index (χ2n) is 2.98. The molecule has 0 fully saturated rings. The van der Waals surface area contributed by atoms with E-state index >= 15 is 0 Å². The van der Waals surface area contributed by atoms with Crippen LogP contribution in [0.25, 0.3) is 0 Å². The lowest BCUT2D eigenvalue weighted by molar-refractivity contribution is 0.286. The van der Waals surface area contributed by atoms with Gasteiger partial charge in [-0.3, -0.25) is 9.97 Å². The molecule has 4 heteroatoms. The summed E-state index contributed by atoms with van der Waals surface area (Å²) in [7, 11) is 0. The maximum absolute atomic E-state index is 8.61. The van der Waals surface area contributed by atoms with Crippen molar-refractivity contribution in [2.45, 2.75) is 19.9 Å². The molecule has 0 spiro atoms. The Bertz CT molecular complexity index is 248. The van der Waals surface area contributed by atoms with E-state index in [0.717, 1.165) is 11.4 Å². The van der Waals surface area contributed by atoms with Crippen molar-refractivity contribution in [3.05, 3.63) is 23.8 Å². The highest BCUT2D eigenvalue weighted by atomic mass is 16.3. The van der Waals surface area contributed by atoms with Crippen LogP contribution in [0.4, 0.5) is 0 Å². The number of aliphatic hydroxyl groups excluding tert-OH is 1. The molecule has 0 aliphatic heterocycles. The van der Waals surface area contributed by atoms with Crippen LogP contribution in [0.1, 0.15) is 24.4 Å². The van der Waals surface area contributed by atoms with Gasteiger partial charge in [-0.05, 0) is 13.8 Å². The van der Waals surface area contributed by atoms with Crippen LogP contribution in [0, 0.1) is 6.92 Å². The Hall–Kier alpha value is -1.00. The van der Waals surface area contributed by atoms with Crippen molar-refractivity contribution in [1.29, 1.82) is 0 Å². The third-order valence-electron chi connectivity index (χ3n) is 1.81. The molecule has 1 heterocycles. The van der Waals surface area contributed by atoms with Crippen molar-refractivity contribution >= 4 is 0 Å². The van der Waals surface area contributed by atoms with E-state index in [0.29, 0.717) is 6.54 Å². The zero-order valence-corrected chi connectivity index (χ0v) is 7.99. The predicted octanol–water partition coefficient (Wildman–Crippen LogP) is 0.428. The summed E-state index contributed by atoms with van der Waals surface area (Å²) in [5.41, 5.74) is 1.82. The van der Waals surface area contributed by atoms with Gasteiger partial charge in [-0.2, -0.15) is 0 Å². The van der Waals surface area contributed by atoms with Crippen molar-refractivity contribution in [3.63, 3.8) is 0 Å². The quantitative estimate of drug-likeness (QED) is 0.707. The fraction of sp³-hybridized carbons (Fsp3) is 0.556. The molecule has 1 rings (SSSR count). The van der Waals surface area contributed by atoms with E-state index in [1.54, 1.807) is 12.4 Å². The van der Waals surface area contributed by atoms with Crippen molar-refractivity contribution in [1.82, 2.24) is 15.3 Å². The average molecular weight is 181 g/mol. The van der Waals surface area contributed by atoms with Gasteiger partial charge in [-0.1, -0.05) is 0 Å². The highest BCUT2D eigenvalue weighted by Gasteiger charge is 2.04. The summed E-state index contributed by atoms with van der Waals surface area (Å²) in [5, 5.41) is 11.7. The number of aliphatic hydroxyl groups is 1. The van der Waals surface area contributed by atoms with Gasteiger partial charge in [0.25, 0.3) is 0 Å². The summed E-state index contributed by atoms with van der Waals surface area (Å²) < 4.78 is 0. The molecule has 72 valence electrons. The van der Waals surface area contributed by atoms with Crippen LogP contribution in [0.15, 0.2) is 12.4 Å². The van der Waals surface area contributed by atoms with Crippen molar-refractivity contribution in [2.24, 2.45) is 0 Å². The summed E-state index contributed by atoms with van der Waals surface area (Å²) >= 11 is 0. The fourth-order valence-electron chi connectivity index (χ4n) is 1.01. The van der Waals surface area contributed by atoms with Crippen LogP contribution in [0.5, 0.6) is 0 Å². The minimum absolute atomic E-state index is 0.139. The molecule has 2 N–H and O–H groups in total. The smallest absolute Gasteiger partial charge is 0.0753 e. The topological polar surface area (TPSA) is 58.0 Å². The van der Waals surface area contributed by atoms with Crippen LogP contribution in [-0.4, -0.2) is 28.2 Å². The summed E-state index contributed by atoms with van der Waals surface area (Å²) in [6, 6.07) is 0.139. The molecule has 0 aromatic carbocycles. The monoisotopic (exact) mass is 181 g/mol. The van der Waals surface area contributed by atoms with Gasteiger partial charge in [0.1, 0.15) is 0 Å². The van der Waals surface area contributed by atoms with Gasteiger partial charge in [0.2, 0.25) is 0 Å². The Morgan fingerprint density at radius 3 is 2.77 bits per heavy atom. The Labute approximate surface area is 78.0 Å². The Balaban J connectivity index is 2.55. The maximum atomic E-state index is 8.61. The average Bonchev–Trinajstić information content (AvgIpc) is 2.15. The molecule has 1 atom stereocenters. The van der Waals surface area contributed by atoms with E-state index in [1.165, 1.54) is 0 Å². The zero-order valence-electron chi connectivity index (χ0n) is 7.99. The van der Waals surface area contributed by atoms with Crippen molar-refractivity contribution in [3.8, 4) is 0 Å². The molecule has 1 unspecified atom stereocenters. The molecule has 1 aromatic rings. The molecule has 0 saturated heterocycles. The van der Waals surface area contributed by atoms with Crippen LogP contribution in [-0.2, 0) is 0 Å². The van der Waals surface area contributed by atoms with Gasteiger partial charge >= 0.3 is 0 Å². The Morgan fingerprint density at radius 1 is 1.46 bits per heavy atom. The van der Waals surface area contributed by atoms with Crippen LogP contribution in [0.2, 0.25) is 0 Å². The van der Waals surface area contributed by atoms with E-state index in [-0.39, 0.29) is 12.6 Å². The first-order valence-corrected chi connectivity index (χ1v) is 4.37. The third kappa shape index (κ3) is 3.08. The number of nitrogens with one attached hydrogen (secondary N) is 1. The highest BCUT2D eigenvalue weighted by molar-refractivity contribution is 5.04. The minimum Gasteiger partial charge on any atom is -0.395 e.